The SMILES string of the molecule is CC(c1nc2ccccc2s1)N(C)C(=O)/C=C/c1ccc(F)c(Cl)c1. The van der Waals surface area contributed by atoms with Crippen LogP contribution in [0.25, 0.3) is 16.3 Å². The number of carbonyl (C=O) groups is 1. The Kier molecular flexibility index (Phi) is 5.16. The monoisotopic (exact) mass is 374 g/mol. The normalized spacial score (nSPS) is 12.6. The predicted molar refractivity (Wildman–Crippen MR) is 101 cm³/mol. The minimum Gasteiger partial charge on any atom is -0.333 e. The molecule has 0 aliphatic heterocycles. The second-order valence-electron chi connectivity index (χ2n) is 5.65. The molecule has 0 radical (unpaired) electrons. The second-order valence-corrected chi connectivity index (χ2v) is 7.12. The molecule has 0 saturated heterocycles. The highest BCUT2D eigenvalue weighted by molar-refractivity contribution is 7.18. The number of thiazole rings is 1. The van der Waals surface area contributed by atoms with Crippen LogP contribution in [0.5, 0.6) is 0 Å². The molecule has 0 saturated carbocycles. The molecule has 1 aromatic heterocycles. The molecule has 0 aliphatic rings. The minimum absolute atomic E-state index is 0.0331. The van der Waals surface area contributed by atoms with Crippen LogP contribution in [0.2, 0.25) is 5.02 Å². The molecule has 128 valence electrons. The third-order valence-electron chi connectivity index (χ3n) is 3.96. The van der Waals surface area contributed by atoms with Crippen LogP contribution in [0.1, 0.15) is 23.5 Å². The van der Waals surface area contributed by atoms with Gasteiger partial charge in [0.05, 0.1) is 21.3 Å². The summed E-state index contributed by atoms with van der Waals surface area (Å²) >= 11 is 7.33. The number of aromatic nitrogens is 1. The topological polar surface area (TPSA) is 33.2 Å². The standard InChI is InChI=1S/C19H16ClFN2OS/c1-12(19-22-16-5-3-4-6-17(16)25-19)23(2)18(24)10-8-13-7-9-15(21)14(20)11-13/h3-12H,1-2H3/b10-8+. The van der Waals surface area contributed by atoms with Gasteiger partial charge in [-0.3, -0.25) is 4.79 Å². The molecule has 1 atom stereocenters. The van der Waals surface area contributed by atoms with Crippen molar-refractivity contribution in [3.05, 3.63) is 70.0 Å². The number of rotatable bonds is 4. The molecule has 0 N–H and O–H groups in total. The summed E-state index contributed by atoms with van der Waals surface area (Å²) in [5.74, 6) is -0.640. The molecule has 0 fully saturated rings. The summed E-state index contributed by atoms with van der Waals surface area (Å²) in [4.78, 5) is 18.6. The number of nitrogens with zero attached hydrogens (tertiary/aromatic N) is 2. The smallest absolute Gasteiger partial charge is 0.246 e. The molecule has 2 aromatic carbocycles. The van der Waals surface area contributed by atoms with Crippen molar-refractivity contribution in [3.8, 4) is 0 Å². The molecule has 3 rings (SSSR count). The van der Waals surface area contributed by atoms with Gasteiger partial charge in [0.25, 0.3) is 0 Å². The van der Waals surface area contributed by atoms with E-state index < -0.39 is 5.82 Å². The quantitative estimate of drug-likeness (QED) is 0.579. The Morgan fingerprint density at radius 1 is 1.32 bits per heavy atom. The molecule has 1 heterocycles. The summed E-state index contributed by atoms with van der Waals surface area (Å²) in [6.07, 6.45) is 3.07. The van der Waals surface area contributed by atoms with Gasteiger partial charge in [0, 0.05) is 13.1 Å². The zero-order valence-electron chi connectivity index (χ0n) is 13.7. The van der Waals surface area contributed by atoms with Gasteiger partial charge in [-0.1, -0.05) is 29.8 Å². The number of amides is 1. The van der Waals surface area contributed by atoms with Crippen LogP contribution in [0.15, 0.2) is 48.5 Å². The Balaban J connectivity index is 1.74. The molecule has 0 bridgehead atoms. The Morgan fingerprint density at radius 2 is 2.08 bits per heavy atom. The molecule has 3 aromatic rings. The first kappa shape index (κ1) is 17.6. The Bertz CT molecular complexity index is 921. The predicted octanol–water partition coefficient (Wildman–Crippen LogP) is 5.32. The van der Waals surface area contributed by atoms with E-state index in [0.29, 0.717) is 5.56 Å². The van der Waals surface area contributed by atoms with E-state index in [-0.39, 0.29) is 17.0 Å². The molecule has 6 heteroatoms. The molecule has 3 nitrogen and oxygen atoms in total. The van der Waals surface area contributed by atoms with Crippen LogP contribution in [-0.4, -0.2) is 22.8 Å². The van der Waals surface area contributed by atoms with Crippen molar-refractivity contribution < 1.29 is 9.18 Å². The van der Waals surface area contributed by atoms with Crippen LogP contribution >= 0.6 is 22.9 Å². The van der Waals surface area contributed by atoms with E-state index in [9.17, 15) is 9.18 Å². The number of halogens is 2. The van der Waals surface area contributed by atoms with Crippen LogP contribution in [-0.2, 0) is 4.79 Å². The fourth-order valence-corrected chi connectivity index (χ4v) is 3.58. The van der Waals surface area contributed by atoms with Gasteiger partial charge in [-0.05, 0) is 42.8 Å². The number of para-hydroxylation sites is 1. The van der Waals surface area contributed by atoms with Crippen molar-refractivity contribution in [1.82, 2.24) is 9.88 Å². The summed E-state index contributed by atoms with van der Waals surface area (Å²) < 4.78 is 14.3. The molecule has 0 aliphatic carbocycles. The lowest BCUT2D eigenvalue weighted by atomic mass is 10.2. The average Bonchev–Trinajstić information content (AvgIpc) is 3.05. The number of carbonyl (C=O) groups excluding carboxylic acids is 1. The molecular weight excluding hydrogens is 359 g/mol. The zero-order valence-corrected chi connectivity index (χ0v) is 15.3. The number of benzene rings is 2. The van der Waals surface area contributed by atoms with Crippen molar-refractivity contribution in [3.63, 3.8) is 0 Å². The lowest BCUT2D eigenvalue weighted by Gasteiger charge is -2.21. The van der Waals surface area contributed by atoms with Crippen LogP contribution in [0, 0.1) is 5.82 Å². The van der Waals surface area contributed by atoms with Crippen molar-refractivity contribution in [1.29, 1.82) is 0 Å². The van der Waals surface area contributed by atoms with Gasteiger partial charge in [0.15, 0.2) is 0 Å². The third-order valence-corrected chi connectivity index (χ3v) is 5.45. The van der Waals surface area contributed by atoms with E-state index >= 15 is 0 Å². The van der Waals surface area contributed by atoms with E-state index in [1.807, 2.05) is 31.2 Å². The van der Waals surface area contributed by atoms with Gasteiger partial charge in [-0.2, -0.15) is 0 Å². The number of hydrogen-bond donors (Lipinski definition) is 0. The largest absolute Gasteiger partial charge is 0.333 e. The van der Waals surface area contributed by atoms with Crippen LogP contribution in [0.4, 0.5) is 4.39 Å². The first-order valence-electron chi connectivity index (χ1n) is 7.71. The third kappa shape index (κ3) is 3.89. The highest BCUT2D eigenvalue weighted by Gasteiger charge is 2.19. The lowest BCUT2D eigenvalue weighted by Crippen LogP contribution is -2.27. The molecule has 1 unspecified atom stereocenters. The van der Waals surface area contributed by atoms with Crippen molar-refractivity contribution in [2.75, 3.05) is 7.05 Å². The maximum atomic E-state index is 13.2. The Hall–Kier alpha value is -2.24. The summed E-state index contributed by atoms with van der Waals surface area (Å²) in [7, 11) is 1.74. The minimum atomic E-state index is -0.480. The first-order chi connectivity index (χ1) is 12.0. The average molecular weight is 375 g/mol. The van der Waals surface area contributed by atoms with Crippen molar-refractivity contribution >= 4 is 45.1 Å². The Morgan fingerprint density at radius 3 is 2.80 bits per heavy atom. The van der Waals surface area contributed by atoms with Gasteiger partial charge in [-0.15, -0.1) is 11.3 Å². The number of hydrogen-bond acceptors (Lipinski definition) is 3. The first-order valence-corrected chi connectivity index (χ1v) is 8.90. The maximum Gasteiger partial charge on any atom is 0.246 e. The summed E-state index contributed by atoms with van der Waals surface area (Å²) in [6.45, 7) is 1.94. The van der Waals surface area contributed by atoms with Crippen molar-refractivity contribution in [2.24, 2.45) is 0 Å². The summed E-state index contributed by atoms with van der Waals surface area (Å²) in [6, 6.07) is 12.1. The van der Waals surface area contributed by atoms with Gasteiger partial charge in [-0.25, -0.2) is 9.37 Å². The van der Waals surface area contributed by atoms with Crippen LogP contribution in [0.3, 0.4) is 0 Å². The summed E-state index contributed by atoms with van der Waals surface area (Å²) in [5.41, 5.74) is 1.60. The van der Waals surface area contributed by atoms with Gasteiger partial charge in [0.1, 0.15) is 10.8 Å². The molecule has 1 amide bonds. The summed E-state index contributed by atoms with van der Waals surface area (Å²) in [5, 5.41) is 0.918. The van der Waals surface area contributed by atoms with Crippen LogP contribution < -0.4 is 0 Å². The van der Waals surface area contributed by atoms with E-state index in [1.54, 1.807) is 35.4 Å². The fourth-order valence-electron chi connectivity index (χ4n) is 2.33. The highest BCUT2D eigenvalue weighted by atomic mass is 35.5. The van der Waals surface area contributed by atoms with Gasteiger partial charge >= 0.3 is 0 Å². The van der Waals surface area contributed by atoms with Gasteiger partial charge < -0.3 is 4.90 Å². The highest BCUT2D eigenvalue weighted by Crippen LogP contribution is 2.29. The van der Waals surface area contributed by atoms with E-state index in [0.717, 1.165) is 15.2 Å². The Labute approximate surface area is 154 Å². The van der Waals surface area contributed by atoms with E-state index in [2.05, 4.69) is 4.98 Å². The number of likely N-dealkylation sites (N-methyl/N-ethyl adjacent to an activating group) is 1. The van der Waals surface area contributed by atoms with Crippen molar-refractivity contribution in [2.45, 2.75) is 13.0 Å². The molecular formula is C19H16ClFN2OS. The van der Waals surface area contributed by atoms with E-state index in [1.165, 1.54) is 18.2 Å². The lowest BCUT2D eigenvalue weighted by molar-refractivity contribution is -0.126. The maximum absolute atomic E-state index is 13.2. The zero-order chi connectivity index (χ0) is 18.0. The second kappa shape index (κ2) is 7.33. The molecule has 25 heavy (non-hydrogen) atoms. The fraction of sp³-hybridized carbons (Fsp3) is 0.158. The molecule has 0 spiro atoms. The van der Waals surface area contributed by atoms with Gasteiger partial charge in [0.2, 0.25) is 5.91 Å². The van der Waals surface area contributed by atoms with E-state index in [4.69, 9.17) is 11.6 Å². The number of fused-ring (bicyclic) bond motifs is 1.